The van der Waals surface area contributed by atoms with E-state index in [0.29, 0.717) is 0 Å². The van der Waals surface area contributed by atoms with Gasteiger partial charge in [-0.2, -0.15) is 0 Å². The second-order valence-corrected chi connectivity index (χ2v) is 10.3. The Balaban J connectivity index is 1.47. The molecule has 0 saturated heterocycles. The second-order valence-electron chi connectivity index (χ2n) is 10.3. The molecule has 0 bridgehead atoms. The highest BCUT2D eigenvalue weighted by Gasteiger charge is 2.19. The quantitative estimate of drug-likeness (QED) is 0.141. The molecular formula is C46H28O. The third-order valence-corrected chi connectivity index (χ3v) is 7.81. The van der Waals surface area contributed by atoms with E-state index in [1.807, 2.05) is 0 Å². The summed E-state index contributed by atoms with van der Waals surface area (Å²) in [6.07, 6.45) is 0. The van der Waals surface area contributed by atoms with Crippen LogP contribution in [-0.2, 0) is 0 Å². The Hall–Kier alpha value is -6.18. The van der Waals surface area contributed by atoms with Gasteiger partial charge >= 0.3 is 0 Å². The number of fused-ring (bicyclic) bond motifs is 8. The van der Waals surface area contributed by atoms with Crippen LogP contribution in [0.2, 0.25) is 0 Å². The Kier molecular flexibility index (Phi) is 2.37. The zero-order valence-corrected chi connectivity index (χ0v) is 23.5. The topological polar surface area (TPSA) is 13.1 Å². The van der Waals surface area contributed by atoms with E-state index in [4.69, 9.17) is 26.3 Å². The summed E-state index contributed by atoms with van der Waals surface area (Å²) < 4.78 is 249. The fourth-order valence-electron chi connectivity index (χ4n) is 5.82. The summed E-state index contributed by atoms with van der Waals surface area (Å²) in [7, 11) is 0. The van der Waals surface area contributed by atoms with Gasteiger partial charge in [-0.15, -0.1) is 0 Å². The number of rotatable bonds is 3. The Labute approximate surface area is 309 Å². The van der Waals surface area contributed by atoms with Crippen LogP contribution in [0.4, 0.5) is 0 Å². The fourth-order valence-corrected chi connectivity index (χ4v) is 5.82. The molecule has 0 amide bonds. The molecule has 1 heteroatoms. The predicted molar refractivity (Wildman–Crippen MR) is 200 cm³/mol. The summed E-state index contributed by atoms with van der Waals surface area (Å²) in [6, 6.07) is -22.7. The highest BCUT2D eigenvalue weighted by atomic mass is 16.3. The molecule has 0 atom stereocenters. The third kappa shape index (κ3) is 3.97. The summed E-state index contributed by atoms with van der Waals surface area (Å²) in [5.74, 6) is 0. The summed E-state index contributed by atoms with van der Waals surface area (Å²) in [4.78, 5) is 0. The standard InChI is InChI=1S/C46H28O/c1-2-12-33-32(11-1)28-42(35-14-4-3-13-34(33)35)46-39-18-7-5-16-37(39)45(38-17-6-8-19-40(38)46)30-23-21-29(22-24-30)31-25-26-44-41(27-31)36-15-9-10-20-43(36)47-44/h1-28H/i1D,2D,3D,5D,6D,7D,8D,9D,10D,11D,12D,13D,14D,15D,16D,17D,18D,19D,20D,21D,22D,23D,24D,25D,26D,27D,28D. The lowest BCUT2D eigenvalue weighted by Gasteiger charge is -2.19. The SMILES string of the molecule is [2H]c1cc([2H])c2c(-c3c4c([2H])c([2H])c([2H])c([2H])c4c(-c4c([2H])c([2H])c(-c5c([2H])c([2H])c6oc7c([2H])c([2H])c([2H])c([2H])c7c6c5[2H])c([2H])c4[2H])c4c([2H])c([2H])c([2H])c([2H])c34)c([2H])c3c([2H])c([2H])c([2H])c([2H])c3c2c1[2H]. The Morgan fingerprint density at radius 3 is 1.64 bits per heavy atom. The van der Waals surface area contributed by atoms with E-state index in [1.165, 1.54) is 0 Å². The molecule has 0 fully saturated rings. The summed E-state index contributed by atoms with van der Waals surface area (Å²) >= 11 is 0. The minimum absolute atomic E-state index is 0.383. The first-order valence-electron chi connectivity index (χ1n) is 27.5. The monoisotopic (exact) mass is 623 g/mol. The normalized spacial score (nSPS) is 19.9. The molecule has 0 unspecified atom stereocenters. The summed E-state index contributed by atoms with van der Waals surface area (Å²) in [5, 5.41) is -5.74. The molecule has 47 heavy (non-hydrogen) atoms. The highest BCUT2D eigenvalue weighted by Crippen LogP contribution is 2.46. The average Bonchev–Trinajstić information content (AvgIpc) is 3.78. The Bertz CT molecular complexity index is 4280. The van der Waals surface area contributed by atoms with Crippen LogP contribution in [0.25, 0.3) is 98.4 Å². The van der Waals surface area contributed by atoms with Crippen LogP contribution in [0, 0.1) is 0 Å². The van der Waals surface area contributed by atoms with E-state index in [0.717, 1.165) is 6.07 Å². The van der Waals surface area contributed by atoms with Gasteiger partial charge in [-0.05, 0) is 101 Å². The number of hydrogen-bond acceptors (Lipinski definition) is 1. The number of benzene rings is 9. The van der Waals surface area contributed by atoms with E-state index < -0.39 is 256 Å². The van der Waals surface area contributed by atoms with Gasteiger partial charge in [0.1, 0.15) is 11.2 Å². The predicted octanol–water partition coefficient (Wildman–Crippen LogP) is 13.2. The maximum Gasteiger partial charge on any atom is 0.135 e. The van der Waals surface area contributed by atoms with Crippen LogP contribution in [0.15, 0.2) is 174 Å². The molecule has 0 aliphatic heterocycles. The van der Waals surface area contributed by atoms with Gasteiger partial charge in [-0.25, -0.2) is 0 Å². The molecule has 9 aromatic carbocycles. The minimum atomic E-state index is -1.08. The first-order valence-corrected chi connectivity index (χ1v) is 14.0. The van der Waals surface area contributed by atoms with Crippen molar-refractivity contribution < 1.29 is 41.4 Å². The average molecular weight is 624 g/mol. The Morgan fingerprint density at radius 2 is 0.894 bits per heavy atom. The van der Waals surface area contributed by atoms with Crippen molar-refractivity contribution in [1.82, 2.24) is 0 Å². The first kappa shape index (κ1) is 11.0. The molecule has 0 radical (unpaired) electrons. The zero-order chi connectivity index (χ0) is 54.4. The molecule has 0 spiro atoms. The van der Waals surface area contributed by atoms with E-state index in [9.17, 15) is 15.1 Å². The second kappa shape index (κ2) is 10.2. The van der Waals surface area contributed by atoms with Crippen LogP contribution in [0.1, 0.15) is 37.0 Å². The summed E-state index contributed by atoms with van der Waals surface area (Å²) in [6.45, 7) is 0. The smallest absolute Gasteiger partial charge is 0.135 e. The van der Waals surface area contributed by atoms with Gasteiger partial charge in [0, 0.05) is 10.8 Å². The maximum atomic E-state index is 9.78. The van der Waals surface area contributed by atoms with Crippen molar-refractivity contribution >= 4 is 65.0 Å². The van der Waals surface area contributed by atoms with Crippen LogP contribution in [0.3, 0.4) is 0 Å². The zero-order valence-electron chi connectivity index (χ0n) is 50.5. The maximum absolute atomic E-state index is 9.78. The van der Waals surface area contributed by atoms with Crippen LogP contribution < -0.4 is 0 Å². The van der Waals surface area contributed by atoms with Crippen molar-refractivity contribution in [2.75, 3.05) is 0 Å². The molecule has 0 saturated carbocycles. The van der Waals surface area contributed by atoms with Gasteiger partial charge in [-0.3, -0.25) is 0 Å². The molecule has 0 aliphatic carbocycles. The molecule has 1 aromatic heterocycles. The van der Waals surface area contributed by atoms with Crippen LogP contribution in [-0.4, -0.2) is 0 Å². The lowest BCUT2D eigenvalue weighted by atomic mass is 9.83. The number of furan rings is 1. The van der Waals surface area contributed by atoms with Gasteiger partial charge in [0.05, 0.1) is 37.0 Å². The largest absolute Gasteiger partial charge is 0.456 e. The van der Waals surface area contributed by atoms with Crippen molar-refractivity contribution in [3.63, 3.8) is 0 Å². The van der Waals surface area contributed by atoms with Crippen molar-refractivity contribution in [1.29, 1.82) is 0 Å². The van der Waals surface area contributed by atoms with Gasteiger partial charge in [0.25, 0.3) is 0 Å². The van der Waals surface area contributed by atoms with Gasteiger partial charge in [-0.1, -0.05) is 145 Å². The van der Waals surface area contributed by atoms with Crippen molar-refractivity contribution in [3.8, 4) is 33.4 Å². The van der Waals surface area contributed by atoms with Crippen molar-refractivity contribution in [3.05, 3.63) is 169 Å². The molecule has 0 N–H and O–H groups in total. The molecular weight excluding hydrogens is 569 g/mol. The van der Waals surface area contributed by atoms with Gasteiger partial charge in [0.15, 0.2) is 0 Å². The summed E-state index contributed by atoms with van der Waals surface area (Å²) in [5.41, 5.74) is -5.41. The minimum Gasteiger partial charge on any atom is -0.456 e. The molecule has 10 rings (SSSR count). The van der Waals surface area contributed by atoms with E-state index in [1.54, 1.807) is 0 Å². The molecule has 10 aromatic rings. The molecule has 1 nitrogen and oxygen atoms in total. The lowest BCUT2D eigenvalue weighted by Crippen LogP contribution is -1.92. The number of para-hydroxylation sites is 1. The van der Waals surface area contributed by atoms with Gasteiger partial charge < -0.3 is 4.42 Å². The molecule has 0 aliphatic rings. The van der Waals surface area contributed by atoms with Crippen LogP contribution >= 0.6 is 0 Å². The highest BCUT2D eigenvalue weighted by molar-refractivity contribution is 6.25. The first-order chi connectivity index (χ1) is 34.6. The molecule has 218 valence electrons. The molecule has 1 heterocycles. The fraction of sp³-hybridized carbons (Fsp3) is 0. The van der Waals surface area contributed by atoms with Crippen molar-refractivity contribution in [2.24, 2.45) is 0 Å². The Morgan fingerprint density at radius 1 is 0.340 bits per heavy atom. The van der Waals surface area contributed by atoms with E-state index in [-0.39, 0.29) is 5.39 Å². The number of hydrogen-bond donors (Lipinski definition) is 0. The third-order valence-electron chi connectivity index (χ3n) is 7.81. The van der Waals surface area contributed by atoms with E-state index >= 15 is 0 Å². The van der Waals surface area contributed by atoms with Crippen molar-refractivity contribution in [2.45, 2.75) is 0 Å². The van der Waals surface area contributed by atoms with Crippen LogP contribution in [0.5, 0.6) is 0 Å². The lowest BCUT2D eigenvalue weighted by molar-refractivity contribution is 0.669. The van der Waals surface area contributed by atoms with Gasteiger partial charge in [0.2, 0.25) is 0 Å². The van der Waals surface area contributed by atoms with E-state index in [2.05, 4.69) is 0 Å².